The largest absolute Gasteiger partial charge is 0.352 e. The van der Waals surface area contributed by atoms with Crippen LogP contribution in [0.1, 0.15) is 52.4 Å². The Kier molecular flexibility index (Phi) is 10.2. The van der Waals surface area contributed by atoms with Crippen molar-refractivity contribution in [3.05, 3.63) is 99.5 Å². The second-order valence-corrected chi connectivity index (χ2v) is 12.4. The maximum absolute atomic E-state index is 13.7. The summed E-state index contributed by atoms with van der Waals surface area (Å²) in [6.07, 6.45) is 4.09. The van der Waals surface area contributed by atoms with Crippen LogP contribution in [-0.4, -0.2) is 67.4 Å². The van der Waals surface area contributed by atoms with Gasteiger partial charge in [0.15, 0.2) is 0 Å². The van der Waals surface area contributed by atoms with Crippen molar-refractivity contribution in [3.8, 4) is 0 Å². The summed E-state index contributed by atoms with van der Waals surface area (Å²) in [5, 5.41) is 3.07. The van der Waals surface area contributed by atoms with Crippen LogP contribution < -0.4 is 10.2 Å². The fourth-order valence-corrected chi connectivity index (χ4v) is 6.66. The third kappa shape index (κ3) is 7.51. The molecular weight excluding hydrogens is 540 g/mol. The summed E-state index contributed by atoms with van der Waals surface area (Å²) < 4.78 is 0. The zero-order valence-corrected chi connectivity index (χ0v) is 25.9. The Morgan fingerprint density at radius 1 is 0.929 bits per heavy atom. The number of amides is 2. The Morgan fingerprint density at radius 3 is 2.38 bits per heavy atom. The normalized spacial score (nSPS) is 17.0. The molecule has 2 aliphatic rings. The van der Waals surface area contributed by atoms with E-state index >= 15 is 0 Å². The van der Waals surface area contributed by atoms with Gasteiger partial charge < -0.3 is 20.0 Å². The van der Waals surface area contributed by atoms with Crippen LogP contribution in [0.2, 0.25) is 0 Å². The van der Waals surface area contributed by atoms with Crippen molar-refractivity contribution in [2.75, 3.05) is 50.7 Å². The maximum atomic E-state index is 13.7. The smallest absolute Gasteiger partial charge is 0.265 e. The van der Waals surface area contributed by atoms with Gasteiger partial charge in [-0.3, -0.25) is 9.59 Å². The molecule has 1 fully saturated rings. The molecular formula is C35H42N4O2S. The quantitative estimate of drug-likeness (QED) is 0.230. The lowest BCUT2D eigenvalue weighted by molar-refractivity contribution is -0.114. The van der Waals surface area contributed by atoms with Gasteiger partial charge in [0.05, 0.1) is 17.1 Å². The molecule has 0 saturated carbocycles. The van der Waals surface area contributed by atoms with Crippen molar-refractivity contribution < 1.29 is 9.59 Å². The first-order chi connectivity index (χ1) is 20.4. The van der Waals surface area contributed by atoms with Crippen LogP contribution in [0.25, 0.3) is 6.08 Å². The summed E-state index contributed by atoms with van der Waals surface area (Å²) in [7, 11) is 0. The monoisotopic (exact) mass is 582 g/mol. The van der Waals surface area contributed by atoms with Crippen LogP contribution in [0.4, 0.5) is 5.69 Å². The van der Waals surface area contributed by atoms with E-state index in [-0.39, 0.29) is 11.8 Å². The lowest BCUT2D eigenvalue weighted by Gasteiger charge is -2.34. The predicted molar refractivity (Wildman–Crippen MR) is 174 cm³/mol. The number of fused-ring (bicyclic) bond motifs is 1. The number of hydrogen-bond acceptors (Lipinski definition) is 5. The molecule has 0 radical (unpaired) electrons. The summed E-state index contributed by atoms with van der Waals surface area (Å²) in [5.41, 5.74) is 5.98. The van der Waals surface area contributed by atoms with Crippen LogP contribution in [-0.2, 0) is 11.3 Å². The number of para-hydroxylation sites is 1. The van der Waals surface area contributed by atoms with Gasteiger partial charge in [0, 0.05) is 43.2 Å². The van der Waals surface area contributed by atoms with Crippen LogP contribution >= 0.6 is 11.8 Å². The Balaban J connectivity index is 1.19. The number of aryl methyl sites for hydroxylation is 2. The highest BCUT2D eigenvalue weighted by molar-refractivity contribution is 8.04. The Morgan fingerprint density at radius 2 is 1.64 bits per heavy atom. The molecule has 2 aliphatic heterocycles. The summed E-state index contributed by atoms with van der Waals surface area (Å²) in [6, 6.07) is 22.0. The molecule has 0 spiro atoms. The van der Waals surface area contributed by atoms with E-state index in [4.69, 9.17) is 0 Å². The third-order valence-electron chi connectivity index (χ3n) is 8.08. The van der Waals surface area contributed by atoms with E-state index in [1.54, 1.807) is 0 Å². The minimum atomic E-state index is -0.0567. The number of carbonyl (C=O) groups excluding carboxylic acids is 2. The topological polar surface area (TPSA) is 55.9 Å². The van der Waals surface area contributed by atoms with E-state index in [2.05, 4.69) is 60.2 Å². The zero-order chi connectivity index (χ0) is 29.5. The van der Waals surface area contributed by atoms with Crippen molar-refractivity contribution in [1.29, 1.82) is 0 Å². The van der Waals surface area contributed by atoms with Gasteiger partial charge in [-0.15, -0.1) is 0 Å². The van der Waals surface area contributed by atoms with E-state index in [1.807, 2.05) is 53.4 Å². The molecule has 0 bridgehead atoms. The molecule has 0 unspecified atom stereocenters. The lowest BCUT2D eigenvalue weighted by Crippen LogP contribution is -2.47. The molecule has 1 N–H and O–H groups in total. The lowest BCUT2D eigenvalue weighted by atomic mass is 10.0. The van der Waals surface area contributed by atoms with Crippen molar-refractivity contribution in [3.63, 3.8) is 0 Å². The van der Waals surface area contributed by atoms with Gasteiger partial charge >= 0.3 is 0 Å². The average Bonchev–Trinajstić information content (AvgIpc) is 3.00. The van der Waals surface area contributed by atoms with Crippen LogP contribution in [0.3, 0.4) is 0 Å². The molecule has 1 saturated heterocycles. The molecule has 5 rings (SSSR count). The molecule has 7 heteroatoms. The average molecular weight is 583 g/mol. The highest BCUT2D eigenvalue weighted by Gasteiger charge is 2.29. The number of hydrogen-bond donors (Lipinski definition) is 1. The number of anilines is 1. The first kappa shape index (κ1) is 30.1. The second-order valence-electron chi connectivity index (χ2n) is 11.3. The standard InChI is InChI=1S/C35H42N4O2S/c1-4-17-37-19-21-38(22-20-37)18-7-16-36-34(40)29-14-12-28(13-15-29)24-33-35(41)39(31-8-5-6-9-32(31)42-33)25-30-23-26(2)10-11-27(30)3/h5-6,8-15,23-24H,4,7,16-22,25H2,1-3H3,(H,36,40). The van der Waals surface area contributed by atoms with Crippen LogP contribution in [0.5, 0.6) is 0 Å². The fourth-order valence-electron chi connectivity index (χ4n) is 5.60. The van der Waals surface area contributed by atoms with Gasteiger partial charge in [-0.1, -0.05) is 66.7 Å². The minimum Gasteiger partial charge on any atom is -0.352 e. The van der Waals surface area contributed by atoms with Crippen LogP contribution in [0, 0.1) is 13.8 Å². The van der Waals surface area contributed by atoms with E-state index in [9.17, 15) is 9.59 Å². The molecule has 0 atom stereocenters. The molecule has 2 amide bonds. The number of carbonyl (C=O) groups is 2. The van der Waals surface area contributed by atoms with E-state index in [1.165, 1.54) is 35.9 Å². The molecule has 220 valence electrons. The van der Waals surface area contributed by atoms with Gasteiger partial charge in [0.25, 0.3) is 11.8 Å². The SMILES string of the molecule is CCCN1CCN(CCCNC(=O)c2ccc(C=C3Sc4ccccc4N(Cc4cc(C)ccc4C)C3=O)cc2)CC1. The molecule has 0 aliphatic carbocycles. The highest BCUT2D eigenvalue weighted by Crippen LogP contribution is 2.42. The number of benzene rings is 3. The number of rotatable bonds is 10. The van der Waals surface area contributed by atoms with E-state index in [0.717, 1.165) is 60.9 Å². The summed E-state index contributed by atoms with van der Waals surface area (Å²) in [5.74, 6) is -0.0630. The zero-order valence-electron chi connectivity index (χ0n) is 25.1. The first-order valence-electron chi connectivity index (χ1n) is 15.1. The number of nitrogens with one attached hydrogen (secondary N) is 1. The molecule has 0 aromatic heterocycles. The fraction of sp³-hybridized carbons (Fsp3) is 0.371. The molecule has 6 nitrogen and oxygen atoms in total. The Hall–Kier alpha value is -3.39. The van der Waals surface area contributed by atoms with Crippen molar-refractivity contribution in [2.24, 2.45) is 0 Å². The van der Waals surface area contributed by atoms with Gasteiger partial charge in [-0.2, -0.15) is 0 Å². The highest BCUT2D eigenvalue weighted by atomic mass is 32.2. The number of piperazine rings is 1. The summed E-state index contributed by atoms with van der Waals surface area (Å²) in [6.45, 7) is 14.3. The first-order valence-corrected chi connectivity index (χ1v) is 15.9. The summed E-state index contributed by atoms with van der Waals surface area (Å²) in [4.78, 5) is 35.1. The number of nitrogens with zero attached hydrogens (tertiary/aromatic N) is 3. The van der Waals surface area contributed by atoms with Crippen molar-refractivity contribution >= 4 is 35.3 Å². The Labute approximate surface area is 254 Å². The third-order valence-corrected chi connectivity index (χ3v) is 9.15. The van der Waals surface area contributed by atoms with Crippen LogP contribution in [0.15, 0.2) is 76.5 Å². The molecule has 42 heavy (non-hydrogen) atoms. The van der Waals surface area contributed by atoms with Gasteiger partial charge in [-0.05, 0) is 86.8 Å². The Bertz CT molecular complexity index is 1430. The maximum Gasteiger partial charge on any atom is 0.265 e. The molecule has 2 heterocycles. The van der Waals surface area contributed by atoms with E-state index < -0.39 is 0 Å². The van der Waals surface area contributed by atoms with Gasteiger partial charge in [0.1, 0.15) is 0 Å². The van der Waals surface area contributed by atoms with Crippen molar-refractivity contribution in [1.82, 2.24) is 15.1 Å². The minimum absolute atomic E-state index is 0.00629. The van der Waals surface area contributed by atoms with Gasteiger partial charge in [-0.25, -0.2) is 0 Å². The predicted octanol–water partition coefficient (Wildman–Crippen LogP) is 6.13. The molecule has 3 aromatic rings. The second kappa shape index (κ2) is 14.2. The van der Waals surface area contributed by atoms with Crippen molar-refractivity contribution in [2.45, 2.75) is 45.1 Å². The molecule has 3 aromatic carbocycles. The van der Waals surface area contributed by atoms with Gasteiger partial charge in [0.2, 0.25) is 0 Å². The number of thioether (sulfide) groups is 1. The van der Waals surface area contributed by atoms with E-state index in [0.29, 0.717) is 23.6 Å². The summed E-state index contributed by atoms with van der Waals surface area (Å²) >= 11 is 1.50.